The second kappa shape index (κ2) is 6.14. The van der Waals surface area contributed by atoms with Crippen LogP contribution in [0.3, 0.4) is 0 Å². The fraction of sp³-hybridized carbons (Fsp3) is 0.300. The Bertz CT molecular complexity index is 1100. The van der Waals surface area contributed by atoms with Gasteiger partial charge in [0.1, 0.15) is 10.6 Å². The Kier molecular flexibility index (Phi) is 4.04. The third-order valence-corrected chi connectivity index (χ3v) is 6.90. The molecule has 0 unspecified atom stereocenters. The van der Waals surface area contributed by atoms with E-state index >= 15 is 0 Å². The zero-order valence-corrected chi connectivity index (χ0v) is 16.0. The number of fused-ring (bicyclic) bond motifs is 3. The molecule has 4 rings (SSSR count). The summed E-state index contributed by atoms with van der Waals surface area (Å²) in [4.78, 5) is 3.68. The number of H-pyrrole nitrogens is 1. The monoisotopic (exact) mass is 370 g/mol. The Labute approximate surface area is 153 Å². The lowest BCUT2D eigenvalue weighted by atomic mass is 10.0. The average Bonchev–Trinajstić information content (AvgIpc) is 2.98. The maximum atomic E-state index is 13.3. The van der Waals surface area contributed by atoms with E-state index in [9.17, 15) is 8.42 Å². The van der Waals surface area contributed by atoms with Crippen LogP contribution < -0.4 is 4.74 Å². The third-order valence-electron chi connectivity index (χ3n) is 5.03. The second-order valence-electron chi connectivity index (χ2n) is 6.87. The quantitative estimate of drug-likeness (QED) is 0.767. The topological polar surface area (TPSA) is 62.4 Å². The number of hydrogen-bond acceptors (Lipinski definition) is 3. The third kappa shape index (κ3) is 2.70. The highest BCUT2D eigenvalue weighted by atomic mass is 32.2. The largest absolute Gasteiger partial charge is 0.495 e. The molecule has 0 saturated carbocycles. The van der Waals surface area contributed by atoms with Crippen LogP contribution >= 0.6 is 0 Å². The molecule has 0 aliphatic carbocycles. The summed E-state index contributed by atoms with van der Waals surface area (Å²) in [5.41, 5.74) is 5.33. The van der Waals surface area contributed by atoms with Gasteiger partial charge in [0.15, 0.2) is 0 Å². The number of hydrogen-bond donors (Lipinski definition) is 1. The molecule has 136 valence electrons. The number of aromatic nitrogens is 1. The van der Waals surface area contributed by atoms with Crippen molar-refractivity contribution in [3.05, 3.63) is 58.8 Å². The summed E-state index contributed by atoms with van der Waals surface area (Å²) in [6, 6.07) is 11.5. The highest BCUT2D eigenvalue weighted by molar-refractivity contribution is 7.89. The molecule has 3 aromatic rings. The average molecular weight is 370 g/mol. The van der Waals surface area contributed by atoms with E-state index in [2.05, 4.69) is 23.2 Å². The maximum Gasteiger partial charge on any atom is 0.247 e. The number of rotatable bonds is 3. The molecule has 0 fully saturated rings. The van der Waals surface area contributed by atoms with Crippen molar-refractivity contribution in [3.63, 3.8) is 0 Å². The van der Waals surface area contributed by atoms with Crippen LogP contribution in [-0.4, -0.2) is 31.4 Å². The number of sulfonamides is 1. The zero-order valence-electron chi connectivity index (χ0n) is 15.2. The lowest BCUT2D eigenvalue weighted by Crippen LogP contribution is -2.36. The van der Waals surface area contributed by atoms with E-state index < -0.39 is 10.0 Å². The second-order valence-corrected chi connectivity index (χ2v) is 8.78. The van der Waals surface area contributed by atoms with Crippen LogP contribution in [0.2, 0.25) is 0 Å². The molecule has 1 N–H and O–H groups in total. The number of nitrogens with zero attached hydrogens (tertiary/aromatic N) is 1. The van der Waals surface area contributed by atoms with Crippen molar-refractivity contribution in [3.8, 4) is 5.75 Å². The summed E-state index contributed by atoms with van der Waals surface area (Å²) in [5.74, 6) is 0.385. The van der Waals surface area contributed by atoms with E-state index in [1.54, 1.807) is 16.4 Å². The van der Waals surface area contributed by atoms with Gasteiger partial charge in [-0.3, -0.25) is 0 Å². The Morgan fingerprint density at radius 1 is 1.08 bits per heavy atom. The minimum absolute atomic E-state index is 0.236. The molecule has 1 aliphatic heterocycles. The normalized spacial score (nSPS) is 15.2. The van der Waals surface area contributed by atoms with E-state index in [0.717, 1.165) is 27.7 Å². The van der Waals surface area contributed by atoms with Gasteiger partial charge in [-0.25, -0.2) is 8.42 Å². The first kappa shape index (κ1) is 17.1. The zero-order chi connectivity index (χ0) is 18.5. The number of methoxy groups -OCH3 is 1. The van der Waals surface area contributed by atoms with Gasteiger partial charge < -0.3 is 9.72 Å². The molecule has 2 heterocycles. The van der Waals surface area contributed by atoms with Gasteiger partial charge in [0, 0.05) is 36.1 Å². The van der Waals surface area contributed by atoms with E-state index in [-0.39, 0.29) is 4.90 Å². The van der Waals surface area contributed by atoms with Gasteiger partial charge in [0.2, 0.25) is 10.0 Å². The highest BCUT2D eigenvalue weighted by Crippen LogP contribution is 2.33. The molecule has 1 aliphatic rings. The number of nitrogens with one attached hydrogen (secondary N) is 1. The van der Waals surface area contributed by atoms with Crippen molar-refractivity contribution in [1.82, 2.24) is 9.29 Å². The standard InChI is InChI=1S/C20H22N2O3S/c1-13-4-6-17-15(10-13)16-12-22(9-8-18(16)21-17)26(23,24)20-11-14(2)5-7-19(20)25-3/h4-7,10-11,21H,8-9,12H2,1-3H3. The van der Waals surface area contributed by atoms with Gasteiger partial charge in [-0.2, -0.15) is 4.31 Å². The van der Waals surface area contributed by atoms with Crippen molar-refractivity contribution in [1.29, 1.82) is 0 Å². The van der Waals surface area contributed by atoms with Gasteiger partial charge in [-0.1, -0.05) is 17.7 Å². The summed E-state index contributed by atoms with van der Waals surface area (Å²) in [5, 5.41) is 1.11. The molecule has 1 aromatic heterocycles. The van der Waals surface area contributed by atoms with E-state index in [0.29, 0.717) is 25.3 Å². The summed E-state index contributed by atoms with van der Waals surface area (Å²) < 4.78 is 33.4. The van der Waals surface area contributed by atoms with Crippen molar-refractivity contribution in [2.24, 2.45) is 0 Å². The van der Waals surface area contributed by atoms with Gasteiger partial charge in [-0.05, 0) is 49.2 Å². The predicted molar refractivity (Wildman–Crippen MR) is 102 cm³/mol. The Morgan fingerprint density at radius 3 is 2.58 bits per heavy atom. The van der Waals surface area contributed by atoms with Crippen LogP contribution in [0, 0.1) is 13.8 Å². The van der Waals surface area contributed by atoms with Crippen LogP contribution in [0.15, 0.2) is 41.3 Å². The molecule has 0 atom stereocenters. The Hall–Kier alpha value is -2.31. The first-order chi connectivity index (χ1) is 12.4. The molecule has 5 nitrogen and oxygen atoms in total. The number of aromatic amines is 1. The lowest BCUT2D eigenvalue weighted by Gasteiger charge is -2.27. The minimum atomic E-state index is -3.63. The molecule has 6 heteroatoms. The molecular weight excluding hydrogens is 348 g/mol. The van der Waals surface area contributed by atoms with Crippen LogP contribution in [0.1, 0.15) is 22.4 Å². The number of aryl methyl sites for hydroxylation is 2. The summed E-state index contributed by atoms with van der Waals surface area (Å²) >= 11 is 0. The van der Waals surface area contributed by atoms with Crippen LogP contribution in [0.4, 0.5) is 0 Å². The first-order valence-electron chi connectivity index (χ1n) is 8.65. The Balaban J connectivity index is 1.78. The molecule has 0 saturated heterocycles. The van der Waals surface area contributed by atoms with Gasteiger partial charge in [0.05, 0.1) is 7.11 Å². The number of benzene rings is 2. The predicted octanol–water partition coefficient (Wildman–Crippen LogP) is 3.54. The van der Waals surface area contributed by atoms with Crippen LogP contribution in [0.5, 0.6) is 5.75 Å². The molecule has 0 spiro atoms. The van der Waals surface area contributed by atoms with E-state index in [1.165, 1.54) is 12.7 Å². The fourth-order valence-corrected chi connectivity index (χ4v) is 5.28. The lowest BCUT2D eigenvalue weighted by molar-refractivity contribution is 0.377. The van der Waals surface area contributed by atoms with Crippen molar-refractivity contribution in [2.75, 3.05) is 13.7 Å². The van der Waals surface area contributed by atoms with Gasteiger partial charge in [0.25, 0.3) is 0 Å². The molecule has 2 aromatic carbocycles. The molecule has 0 amide bonds. The molecule has 0 bridgehead atoms. The summed E-state index contributed by atoms with van der Waals surface area (Å²) in [6.45, 7) is 4.76. The highest BCUT2D eigenvalue weighted by Gasteiger charge is 2.32. The van der Waals surface area contributed by atoms with Crippen molar-refractivity contribution >= 4 is 20.9 Å². The first-order valence-corrected chi connectivity index (χ1v) is 10.1. The SMILES string of the molecule is COc1ccc(C)cc1S(=O)(=O)N1CCc2[nH]c3ccc(C)cc3c2C1. The van der Waals surface area contributed by atoms with E-state index in [4.69, 9.17) is 4.74 Å². The summed E-state index contributed by atoms with van der Waals surface area (Å²) in [7, 11) is -2.13. The molecule has 0 radical (unpaired) electrons. The summed E-state index contributed by atoms with van der Waals surface area (Å²) in [6.07, 6.45) is 0.677. The van der Waals surface area contributed by atoms with Crippen molar-refractivity contribution < 1.29 is 13.2 Å². The van der Waals surface area contributed by atoms with E-state index in [1.807, 2.05) is 19.9 Å². The number of ether oxygens (including phenoxy) is 1. The van der Waals surface area contributed by atoms with Crippen LogP contribution in [-0.2, 0) is 23.0 Å². The molecular formula is C20H22N2O3S. The Morgan fingerprint density at radius 2 is 1.81 bits per heavy atom. The van der Waals surface area contributed by atoms with Crippen LogP contribution in [0.25, 0.3) is 10.9 Å². The minimum Gasteiger partial charge on any atom is -0.495 e. The van der Waals surface area contributed by atoms with Crippen molar-refractivity contribution in [2.45, 2.75) is 31.7 Å². The fourth-order valence-electron chi connectivity index (χ4n) is 3.63. The van der Waals surface area contributed by atoms with Gasteiger partial charge >= 0.3 is 0 Å². The van der Waals surface area contributed by atoms with Gasteiger partial charge in [-0.15, -0.1) is 0 Å². The molecule has 26 heavy (non-hydrogen) atoms. The maximum absolute atomic E-state index is 13.3. The smallest absolute Gasteiger partial charge is 0.247 e.